The van der Waals surface area contributed by atoms with Crippen molar-refractivity contribution in [2.45, 2.75) is 26.2 Å². The molecule has 0 aliphatic carbocycles. The van der Waals surface area contributed by atoms with Crippen molar-refractivity contribution in [2.75, 3.05) is 19.0 Å². The van der Waals surface area contributed by atoms with Gasteiger partial charge in [-0.05, 0) is 24.1 Å². The summed E-state index contributed by atoms with van der Waals surface area (Å²) in [5.41, 5.74) is 5.17. The van der Waals surface area contributed by atoms with Crippen molar-refractivity contribution in [2.24, 2.45) is 0 Å². The lowest BCUT2D eigenvalue weighted by molar-refractivity contribution is -0.138. The maximum absolute atomic E-state index is 12.9. The Balaban J connectivity index is 2.41. The molecular formula is C27H30N3O4+. The van der Waals surface area contributed by atoms with Crippen LogP contribution in [0.2, 0.25) is 0 Å². The average Bonchev–Trinajstić information content (AvgIpc) is 2.86. The van der Waals surface area contributed by atoms with Gasteiger partial charge >= 0.3 is 5.97 Å². The van der Waals surface area contributed by atoms with Gasteiger partial charge in [-0.3, -0.25) is 20.5 Å². The number of carbonyl (C=O) groups is 2. The second kappa shape index (κ2) is 14.2. The number of amides is 1. The largest absolute Gasteiger partial charge is 0.447 e. The van der Waals surface area contributed by atoms with Gasteiger partial charge in [-0.25, -0.2) is 4.79 Å². The number of benzene rings is 2. The molecule has 1 amide bonds. The standard InChI is InChI=1S/C27H29N3O4/c1-4-18-34-27(32)26(24(28)5-2)23(20-12-8-6-9-13-20)19-22(30-33-3)16-17-25(31)29-21-14-10-7-11-15-21/h6-16,28,30H,2,4,17-19H2,1,3H3/p+1/b22-16+,26-23-,28-24?. The zero-order valence-electron chi connectivity index (χ0n) is 19.5. The normalized spacial score (nSPS) is 11.6. The van der Waals surface area contributed by atoms with Gasteiger partial charge in [0.2, 0.25) is 11.5 Å². The number of para-hydroxylation sites is 1. The van der Waals surface area contributed by atoms with E-state index in [-0.39, 0.29) is 36.6 Å². The van der Waals surface area contributed by atoms with E-state index in [2.05, 4.69) is 23.5 Å². The highest BCUT2D eigenvalue weighted by Crippen LogP contribution is 2.27. The van der Waals surface area contributed by atoms with E-state index < -0.39 is 5.97 Å². The van der Waals surface area contributed by atoms with Crippen LogP contribution in [0.4, 0.5) is 5.69 Å². The molecule has 0 bridgehead atoms. The van der Waals surface area contributed by atoms with Crippen LogP contribution in [0.3, 0.4) is 0 Å². The number of anilines is 1. The summed E-state index contributed by atoms with van der Waals surface area (Å²) in [6.45, 7) is 5.66. The molecule has 176 valence electrons. The molecule has 34 heavy (non-hydrogen) atoms. The van der Waals surface area contributed by atoms with Crippen molar-refractivity contribution in [3.8, 4) is 0 Å². The Bertz CT molecular complexity index is 1040. The fourth-order valence-corrected chi connectivity index (χ4v) is 3.13. The molecule has 7 nitrogen and oxygen atoms in total. The Morgan fingerprint density at radius 1 is 1.09 bits per heavy atom. The number of hydrogen-bond donors (Lipinski definition) is 3. The minimum absolute atomic E-state index is 0.0622. The third kappa shape index (κ3) is 8.13. The van der Waals surface area contributed by atoms with Crippen LogP contribution >= 0.6 is 0 Å². The van der Waals surface area contributed by atoms with Crippen LogP contribution in [0.1, 0.15) is 31.7 Å². The molecule has 7 heteroatoms. The van der Waals surface area contributed by atoms with E-state index in [4.69, 9.17) is 15.0 Å². The molecule has 0 atom stereocenters. The highest BCUT2D eigenvalue weighted by Gasteiger charge is 2.32. The summed E-state index contributed by atoms with van der Waals surface area (Å²) in [6.07, 6.45) is 5.08. The number of hydroxylamine groups is 1. The Hall–Kier alpha value is -4.06. The van der Waals surface area contributed by atoms with E-state index in [1.54, 1.807) is 18.2 Å². The van der Waals surface area contributed by atoms with Gasteiger partial charge < -0.3 is 10.1 Å². The molecule has 0 heterocycles. The third-order valence-electron chi connectivity index (χ3n) is 4.68. The Morgan fingerprint density at radius 3 is 2.32 bits per heavy atom. The summed E-state index contributed by atoms with van der Waals surface area (Å²) in [5.74, 6) is -0.831. The van der Waals surface area contributed by atoms with Crippen LogP contribution in [-0.4, -0.2) is 31.3 Å². The molecule has 2 aromatic rings. The highest BCUT2D eigenvalue weighted by molar-refractivity contribution is 6.26. The molecule has 0 radical (unpaired) electrons. The predicted molar refractivity (Wildman–Crippen MR) is 134 cm³/mol. The van der Waals surface area contributed by atoms with Crippen molar-refractivity contribution < 1.29 is 19.2 Å². The Labute approximate surface area is 200 Å². The first-order valence-corrected chi connectivity index (χ1v) is 10.9. The molecule has 0 spiro atoms. The summed E-state index contributed by atoms with van der Waals surface area (Å²) in [5, 5.41) is 11.1. The number of esters is 1. The molecule has 0 fully saturated rings. The van der Waals surface area contributed by atoms with Gasteiger partial charge in [0.1, 0.15) is 6.08 Å². The van der Waals surface area contributed by atoms with Gasteiger partial charge in [-0.1, -0.05) is 61.5 Å². The fourth-order valence-electron chi connectivity index (χ4n) is 3.13. The topological polar surface area (TPSA) is 101 Å². The molecule has 0 aliphatic heterocycles. The highest BCUT2D eigenvalue weighted by atomic mass is 16.6. The van der Waals surface area contributed by atoms with Gasteiger partial charge in [0.25, 0.3) is 5.71 Å². The van der Waals surface area contributed by atoms with Crippen LogP contribution in [0.5, 0.6) is 0 Å². The summed E-state index contributed by atoms with van der Waals surface area (Å²) < 4.78 is 5.34. The fraction of sp³-hybridized carbons (Fsp3) is 0.222. The zero-order chi connectivity index (χ0) is 24.8. The van der Waals surface area contributed by atoms with Crippen molar-refractivity contribution in [3.05, 3.63) is 96.2 Å². The van der Waals surface area contributed by atoms with Gasteiger partial charge in [-0.2, -0.15) is 0 Å². The monoisotopic (exact) mass is 460 g/mol. The van der Waals surface area contributed by atoms with E-state index in [1.807, 2.05) is 55.5 Å². The Kier molecular flexibility index (Phi) is 10.9. The molecule has 2 rings (SSSR count). The van der Waals surface area contributed by atoms with Gasteiger partial charge in [0.05, 0.1) is 19.3 Å². The van der Waals surface area contributed by atoms with Crippen LogP contribution in [-0.2, 0) is 19.2 Å². The molecule has 0 saturated heterocycles. The summed E-state index contributed by atoms with van der Waals surface area (Å²) >= 11 is 0. The first-order chi connectivity index (χ1) is 16.5. The van der Waals surface area contributed by atoms with E-state index in [0.29, 0.717) is 23.4 Å². The van der Waals surface area contributed by atoms with Gasteiger partial charge in [0.15, 0.2) is 0 Å². The Morgan fingerprint density at radius 2 is 1.74 bits per heavy atom. The first-order valence-electron chi connectivity index (χ1n) is 10.9. The van der Waals surface area contributed by atoms with Crippen LogP contribution in [0, 0.1) is 11.5 Å². The number of allylic oxidation sites excluding steroid dienone is 2. The minimum atomic E-state index is -0.625. The smallest absolute Gasteiger partial charge is 0.427 e. The number of hydrogen-bond acceptors (Lipinski definition) is 6. The van der Waals surface area contributed by atoms with E-state index in [1.165, 1.54) is 7.11 Å². The maximum Gasteiger partial charge on any atom is 0.427 e. The number of ether oxygens (including phenoxy) is 1. The van der Waals surface area contributed by atoms with Gasteiger partial charge in [0, 0.05) is 30.8 Å². The molecule has 0 unspecified atom stereocenters. The molecule has 0 saturated carbocycles. The van der Waals surface area contributed by atoms with Crippen molar-refractivity contribution in [3.63, 3.8) is 0 Å². The second-order valence-electron chi connectivity index (χ2n) is 7.24. The molecule has 0 aromatic heterocycles. The van der Waals surface area contributed by atoms with E-state index in [9.17, 15) is 9.59 Å². The first kappa shape index (κ1) is 26.2. The summed E-state index contributed by atoms with van der Waals surface area (Å²) in [4.78, 5) is 30.4. The maximum atomic E-state index is 12.9. The third-order valence-corrected chi connectivity index (χ3v) is 4.68. The molecule has 3 N–H and O–H groups in total. The average molecular weight is 461 g/mol. The SMILES string of the molecule is C=[C+]C(=N)/C(C(=O)OCCC)=C(\C/C(=C\CC(=O)Nc1ccccc1)NOC)c1ccccc1. The lowest BCUT2D eigenvalue weighted by Gasteiger charge is -2.13. The number of rotatable bonds is 13. The quantitative estimate of drug-likeness (QED) is 0.130. The molecule has 0 aliphatic rings. The zero-order valence-corrected chi connectivity index (χ0v) is 19.5. The van der Waals surface area contributed by atoms with Gasteiger partial charge in [-0.15, -0.1) is 0 Å². The number of carbonyl (C=O) groups excluding carboxylic acids is 2. The van der Waals surface area contributed by atoms with Crippen LogP contribution in [0.15, 0.2) is 84.6 Å². The second-order valence-corrected chi connectivity index (χ2v) is 7.24. The molecular weight excluding hydrogens is 430 g/mol. The van der Waals surface area contributed by atoms with Crippen molar-refractivity contribution in [1.82, 2.24) is 5.48 Å². The summed E-state index contributed by atoms with van der Waals surface area (Å²) in [7, 11) is 1.46. The lowest BCUT2D eigenvalue weighted by Crippen LogP contribution is -2.19. The van der Waals surface area contributed by atoms with Crippen molar-refractivity contribution >= 4 is 28.8 Å². The van der Waals surface area contributed by atoms with Crippen LogP contribution < -0.4 is 10.8 Å². The predicted octanol–water partition coefficient (Wildman–Crippen LogP) is 4.86. The minimum Gasteiger partial charge on any atom is -0.447 e. The summed E-state index contributed by atoms with van der Waals surface area (Å²) in [6, 6.07) is 18.4. The van der Waals surface area contributed by atoms with Crippen LogP contribution in [0.25, 0.3) is 5.57 Å². The number of nitrogens with one attached hydrogen (secondary N) is 3. The lowest BCUT2D eigenvalue weighted by atomic mass is 9.92. The molecule has 2 aromatic carbocycles. The van der Waals surface area contributed by atoms with E-state index in [0.717, 1.165) is 5.56 Å². The van der Waals surface area contributed by atoms with Crippen molar-refractivity contribution in [1.29, 1.82) is 5.41 Å². The van der Waals surface area contributed by atoms with E-state index >= 15 is 0 Å².